The number of Topliss-reactive ketones (excluding diaryl/α,β-unsaturated/α-hetero) is 1. The Kier molecular flexibility index (Phi) is 3.03. The minimum absolute atomic E-state index is 0.217. The van der Waals surface area contributed by atoms with Gasteiger partial charge in [-0.25, -0.2) is 0 Å². The van der Waals surface area contributed by atoms with Gasteiger partial charge in [-0.1, -0.05) is 6.07 Å². The second kappa shape index (κ2) is 4.94. The van der Waals surface area contributed by atoms with Crippen LogP contribution >= 0.6 is 0 Å². The number of carbonyl (C=O) groups is 1. The number of fused-ring (bicyclic) bond motifs is 2. The Bertz CT molecular complexity index is 779. The normalized spacial score (nSPS) is 19.5. The van der Waals surface area contributed by atoms with Gasteiger partial charge in [-0.15, -0.1) is 0 Å². The van der Waals surface area contributed by atoms with E-state index in [-0.39, 0.29) is 11.9 Å². The van der Waals surface area contributed by atoms with E-state index in [4.69, 9.17) is 9.72 Å². The van der Waals surface area contributed by atoms with Gasteiger partial charge in [-0.3, -0.25) is 9.78 Å². The lowest BCUT2D eigenvalue weighted by atomic mass is 9.93. The predicted octanol–water partition coefficient (Wildman–Crippen LogP) is 3.90. The van der Waals surface area contributed by atoms with Crippen molar-refractivity contribution in [2.45, 2.75) is 45.6 Å². The van der Waals surface area contributed by atoms with Crippen LogP contribution in [0.5, 0.6) is 5.75 Å². The van der Waals surface area contributed by atoms with Crippen LogP contribution < -0.4 is 4.74 Å². The second-order valence-corrected chi connectivity index (χ2v) is 6.34. The molecule has 0 radical (unpaired) electrons. The van der Waals surface area contributed by atoms with E-state index >= 15 is 0 Å². The highest BCUT2D eigenvalue weighted by molar-refractivity contribution is 5.98. The maximum Gasteiger partial charge on any atom is 0.164 e. The summed E-state index contributed by atoms with van der Waals surface area (Å²) in [5, 5.41) is 0. The van der Waals surface area contributed by atoms with Crippen molar-refractivity contribution in [2.75, 3.05) is 0 Å². The van der Waals surface area contributed by atoms with Gasteiger partial charge in [0.25, 0.3) is 0 Å². The van der Waals surface area contributed by atoms with Gasteiger partial charge in [0.2, 0.25) is 0 Å². The number of nitrogens with zero attached hydrogens (tertiary/aromatic N) is 1. The molecule has 1 unspecified atom stereocenters. The minimum Gasteiger partial charge on any atom is -0.489 e. The third-order valence-electron chi connectivity index (χ3n) is 4.67. The minimum atomic E-state index is 0.217. The highest BCUT2D eigenvalue weighted by Crippen LogP contribution is 2.40. The number of hydrogen-bond donors (Lipinski definition) is 0. The summed E-state index contributed by atoms with van der Waals surface area (Å²) in [5.74, 6) is 1.20. The maximum atomic E-state index is 11.9. The largest absolute Gasteiger partial charge is 0.489 e. The number of rotatable bonds is 1. The number of aryl methyl sites for hydroxylation is 2. The van der Waals surface area contributed by atoms with Gasteiger partial charge >= 0.3 is 0 Å². The fraction of sp³-hybridized carbons (Fsp3) is 0.368. The van der Waals surface area contributed by atoms with Crippen molar-refractivity contribution in [2.24, 2.45) is 0 Å². The molecule has 4 rings (SSSR count). The molecule has 112 valence electrons. The molecule has 0 N–H and O–H groups in total. The fourth-order valence-corrected chi connectivity index (χ4v) is 3.49. The molecule has 3 heteroatoms. The summed E-state index contributed by atoms with van der Waals surface area (Å²) in [7, 11) is 0. The Balaban J connectivity index is 1.84. The van der Waals surface area contributed by atoms with Gasteiger partial charge in [-0.2, -0.15) is 0 Å². The van der Waals surface area contributed by atoms with Crippen LogP contribution in [0.25, 0.3) is 11.3 Å². The van der Waals surface area contributed by atoms with Crippen LogP contribution in [0.4, 0.5) is 0 Å². The molecule has 0 fully saturated rings. The molecular weight excluding hydrogens is 274 g/mol. The lowest BCUT2D eigenvalue weighted by Gasteiger charge is -2.16. The van der Waals surface area contributed by atoms with E-state index in [9.17, 15) is 4.79 Å². The van der Waals surface area contributed by atoms with Crippen LogP contribution in [0.1, 0.15) is 46.9 Å². The first-order valence-corrected chi connectivity index (χ1v) is 7.96. The molecule has 0 bridgehead atoms. The summed E-state index contributed by atoms with van der Waals surface area (Å²) in [5.41, 5.74) is 6.27. The van der Waals surface area contributed by atoms with Crippen molar-refractivity contribution in [1.82, 2.24) is 4.98 Å². The smallest absolute Gasteiger partial charge is 0.164 e. The molecule has 2 aromatic rings. The first-order valence-electron chi connectivity index (χ1n) is 7.96. The Morgan fingerprint density at radius 2 is 1.95 bits per heavy atom. The topological polar surface area (TPSA) is 39.2 Å². The number of ether oxygens (including phenoxy) is 1. The van der Waals surface area contributed by atoms with Crippen LogP contribution in [0.2, 0.25) is 0 Å². The predicted molar refractivity (Wildman–Crippen MR) is 85.5 cm³/mol. The molecule has 1 aliphatic heterocycles. The molecule has 0 saturated carbocycles. The average molecular weight is 293 g/mol. The van der Waals surface area contributed by atoms with E-state index in [2.05, 4.69) is 26.0 Å². The van der Waals surface area contributed by atoms with Gasteiger partial charge in [0.05, 0.1) is 11.4 Å². The zero-order valence-corrected chi connectivity index (χ0v) is 13.0. The van der Waals surface area contributed by atoms with E-state index in [1.807, 2.05) is 12.1 Å². The van der Waals surface area contributed by atoms with Crippen LogP contribution in [0.15, 0.2) is 24.3 Å². The molecule has 2 heterocycles. The third-order valence-corrected chi connectivity index (χ3v) is 4.67. The summed E-state index contributed by atoms with van der Waals surface area (Å²) in [6, 6.07) is 8.12. The Hall–Kier alpha value is -2.16. The number of ketones is 1. The lowest BCUT2D eigenvalue weighted by Crippen LogP contribution is -2.12. The first kappa shape index (κ1) is 13.5. The Morgan fingerprint density at radius 1 is 1.14 bits per heavy atom. The SMILES string of the molecule is Cc1ccc(-c2ccc3c(n2)CCCC3=O)c2c1CC(C)O2. The first-order chi connectivity index (χ1) is 10.6. The maximum absolute atomic E-state index is 11.9. The van der Waals surface area contributed by atoms with E-state index in [1.54, 1.807) is 0 Å². The van der Waals surface area contributed by atoms with Gasteiger partial charge in [0.1, 0.15) is 11.9 Å². The van der Waals surface area contributed by atoms with Crippen molar-refractivity contribution >= 4 is 5.78 Å². The Labute approximate surface area is 130 Å². The third kappa shape index (κ3) is 2.04. The molecule has 1 aliphatic carbocycles. The molecule has 22 heavy (non-hydrogen) atoms. The number of hydrogen-bond acceptors (Lipinski definition) is 3. The number of carbonyl (C=O) groups excluding carboxylic acids is 1. The summed E-state index contributed by atoms with van der Waals surface area (Å²) in [6.45, 7) is 4.23. The molecule has 0 amide bonds. The molecule has 1 atom stereocenters. The van der Waals surface area contributed by atoms with Crippen LogP contribution in [0.3, 0.4) is 0 Å². The lowest BCUT2D eigenvalue weighted by molar-refractivity contribution is 0.0971. The van der Waals surface area contributed by atoms with Crippen molar-refractivity contribution < 1.29 is 9.53 Å². The van der Waals surface area contributed by atoms with E-state index in [0.29, 0.717) is 6.42 Å². The fourth-order valence-electron chi connectivity index (χ4n) is 3.49. The zero-order chi connectivity index (χ0) is 15.3. The standard InChI is InChI=1S/C19H19NO2/c1-11-6-7-14(19-15(11)10-12(2)22-19)17-9-8-13-16(20-17)4-3-5-18(13)21/h6-9,12H,3-5,10H2,1-2H3. The van der Waals surface area contributed by atoms with Crippen LogP contribution in [-0.2, 0) is 12.8 Å². The van der Waals surface area contributed by atoms with Crippen molar-refractivity contribution in [1.29, 1.82) is 0 Å². The molecule has 2 aliphatic rings. The molecule has 0 spiro atoms. The monoisotopic (exact) mass is 293 g/mol. The van der Waals surface area contributed by atoms with Gasteiger partial charge < -0.3 is 4.74 Å². The quantitative estimate of drug-likeness (QED) is 0.800. The summed E-state index contributed by atoms with van der Waals surface area (Å²) < 4.78 is 6.03. The van der Waals surface area contributed by atoms with Gasteiger partial charge in [0.15, 0.2) is 5.78 Å². The summed E-state index contributed by atoms with van der Waals surface area (Å²) in [6.07, 6.45) is 3.61. The molecule has 1 aromatic carbocycles. The highest BCUT2D eigenvalue weighted by atomic mass is 16.5. The number of aromatic nitrogens is 1. The van der Waals surface area contributed by atoms with E-state index < -0.39 is 0 Å². The Morgan fingerprint density at radius 3 is 2.82 bits per heavy atom. The van der Waals surface area contributed by atoms with Crippen LogP contribution in [-0.4, -0.2) is 16.9 Å². The van der Waals surface area contributed by atoms with Crippen molar-refractivity contribution in [3.8, 4) is 17.0 Å². The zero-order valence-electron chi connectivity index (χ0n) is 13.0. The molecule has 1 aromatic heterocycles. The van der Waals surface area contributed by atoms with Crippen molar-refractivity contribution in [3.63, 3.8) is 0 Å². The number of pyridine rings is 1. The summed E-state index contributed by atoms with van der Waals surface area (Å²) in [4.78, 5) is 16.7. The molecular formula is C19H19NO2. The molecule has 3 nitrogen and oxygen atoms in total. The van der Waals surface area contributed by atoms with Gasteiger partial charge in [-0.05, 0) is 50.5 Å². The number of benzene rings is 1. The van der Waals surface area contributed by atoms with E-state index in [0.717, 1.165) is 47.5 Å². The molecule has 0 saturated heterocycles. The van der Waals surface area contributed by atoms with Crippen molar-refractivity contribution in [3.05, 3.63) is 46.6 Å². The second-order valence-electron chi connectivity index (χ2n) is 6.34. The van der Waals surface area contributed by atoms with Gasteiger partial charge in [0, 0.05) is 29.5 Å². The highest BCUT2D eigenvalue weighted by Gasteiger charge is 2.26. The average Bonchev–Trinajstić information content (AvgIpc) is 2.90. The summed E-state index contributed by atoms with van der Waals surface area (Å²) >= 11 is 0. The van der Waals surface area contributed by atoms with Crippen LogP contribution in [0, 0.1) is 6.92 Å². The van der Waals surface area contributed by atoms with E-state index in [1.165, 1.54) is 11.1 Å².